The summed E-state index contributed by atoms with van der Waals surface area (Å²) in [4.78, 5) is 12.4. The van der Waals surface area contributed by atoms with Gasteiger partial charge in [0.2, 0.25) is 5.91 Å². The van der Waals surface area contributed by atoms with Crippen molar-refractivity contribution in [1.82, 2.24) is 5.32 Å². The van der Waals surface area contributed by atoms with Crippen LogP contribution in [-0.2, 0) is 4.79 Å². The summed E-state index contributed by atoms with van der Waals surface area (Å²) in [6, 6.07) is -0.812. The van der Waals surface area contributed by atoms with E-state index in [4.69, 9.17) is 0 Å². The Hall–Kier alpha value is -1.69. The Labute approximate surface area is 272 Å². The third-order valence-electron chi connectivity index (χ3n) is 8.15. The number of carbonyl (C=O) groups excluding carboxylic acids is 1. The summed E-state index contributed by atoms with van der Waals surface area (Å²) >= 11 is 0. The lowest BCUT2D eigenvalue weighted by Gasteiger charge is -2.21. The minimum absolute atomic E-state index is 0.378. The predicted molar refractivity (Wildman–Crippen MR) is 190 cm³/mol. The number of aliphatic hydroxyl groups excluding tert-OH is 3. The number of allylic oxidation sites excluding steroid dienone is 7. The van der Waals surface area contributed by atoms with Crippen LogP contribution < -0.4 is 5.32 Å². The van der Waals surface area contributed by atoms with E-state index in [0.29, 0.717) is 6.42 Å². The summed E-state index contributed by atoms with van der Waals surface area (Å²) in [6.07, 6.45) is 42.8. The molecule has 44 heavy (non-hydrogen) atoms. The van der Waals surface area contributed by atoms with Crippen LogP contribution in [0.2, 0.25) is 0 Å². The first-order valence-electron chi connectivity index (χ1n) is 18.5. The van der Waals surface area contributed by atoms with Crippen molar-refractivity contribution in [2.24, 2.45) is 0 Å². The van der Waals surface area contributed by atoms with Crippen LogP contribution in [-0.4, -0.2) is 46.1 Å². The highest BCUT2D eigenvalue weighted by molar-refractivity contribution is 5.80. The number of unbranched alkanes of at least 4 members (excludes halogenated alkanes) is 18. The van der Waals surface area contributed by atoms with Gasteiger partial charge in [0.05, 0.1) is 18.8 Å². The third-order valence-corrected chi connectivity index (χ3v) is 8.15. The van der Waals surface area contributed by atoms with Gasteiger partial charge < -0.3 is 20.6 Å². The number of hydrogen-bond acceptors (Lipinski definition) is 4. The van der Waals surface area contributed by atoms with Gasteiger partial charge in [-0.15, -0.1) is 0 Å². The normalized spacial score (nSPS) is 14.4. The van der Waals surface area contributed by atoms with Crippen LogP contribution in [0.5, 0.6) is 0 Å². The molecule has 3 atom stereocenters. The highest BCUT2D eigenvalue weighted by Crippen LogP contribution is 2.14. The topological polar surface area (TPSA) is 89.8 Å². The molecule has 4 N–H and O–H groups in total. The monoisotopic (exact) mass is 618 g/mol. The van der Waals surface area contributed by atoms with Gasteiger partial charge in [-0.2, -0.15) is 0 Å². The Bertz CT molecular complexity index is 730. The minimum Gasteiger partial charge on any atom is -0.394 e. The quantitative estimate of drug-likeness (QED) is 0.0447. The fourth-order valence-corrected chi connectivity index (χ4v) is 5.24. The van der Waals surface area contributed by atoms with E-state index in [2.05, 4.69) is 55.6 Å². The molecule has 0 aromatic heterocycles. The van der Waals surface area contributed by atoms with E-state index in [9.17, 15) is 20.1 Å². The van der Waals surface area contributed by atoms with E-state index in [-0.39, 0.29) is 6.61 Å². The molecule has 0 aliphatic rings. The van der Waals surface area contributed by atoms with Gasteiger partial charge in [-0.05, 0) is 57.8 Å². The van der Waals surface area contributed by atoms with Crippen molar-refractivity contribution in [3.63, 3.8) is 0 Å². The molecule has 0 heterocycles. The van der Waals surface area contributed by atoms with Crippen LogP contribution in [0, 0.1) is 0 Å². The standard InChI is InChI=1S/C39H71NO4/c1-3-5-7-9-11-13-15-16-17-18-19-20-21-22-23-24-26-28-30-32-34-38(43)39(44)40-36(35-41)37(42)33-31-29-27-25-14-12-10-8-6-4-2/h5,7,11,13-14,25,31,33,36-38,41-43H,3-4,6,8-10,12,15-24,26-30,32,34-35H2,1-2H3,(H,40,44)/b7-5-,13-11-,25-14+,33-31+. The number of hydrogen-bond donors (Lipinski definition) is 4. The predicted octanol–water partition coefficient (Wildman–Crippen LogP) is 9.81. The second-order valence-electron chi connectivity index (χ2n) is 12.4. The molecule has 0 aromatic rings. The maximum atomic E-state index is 12.4. The zero-order valence-electron chi connectivity index (χ0n) is 28.8. The van der Waals surface area contributed by atoms with Crippen molar-refractivity contribution in [2.45, 2.75) is 186 Å². The van der Waals surface area contributed by atoms with Gasteiger partial charge in [0.1, 0.15) is 6.10 Å². The van der Waals surface area contributed by atoms with Crippen LogP contribution >= 0.6 is 0 Å². The zero-order valence-corrected chi connectivity index (χ0v) is 28.8. The average molecular weight is 618 g/mol. The van der Waals surface area contributed by atoms with E-state index >= 15 is 0 Å². The van der Waals surface area contributed by atoms with Crippen LogP contribution in [0.3, 0.4) is 0 Å². The van der Waals surface area contributed by atoms with E-state index < -0.39 is 24.2 Å². The minimum atomic E-state index is -1.10. The van der Waals surface area contributed by atoms with Gasteiger partial charge in [0.15, 0.2) is 0 Å². The second-order valence-corrected chi connectivity index (χ2v) is 12.4. The molecule has 0 radical (unpaired) electrons. The molecule has 256 valence electrons. The molecule has 0 aliphatic carbocycles. The van der Waals surface area contributed by atoms with Gasteiger partial charge >= 0.3 is 0 Å². The first-order chi connectivity index (χ1) is 21.6. The molecular weight excluding hydrogens is 546 g/mol. The summed E-state index contributed by atoms with van der Waals surface area (Å²) in [6.45, 7) is 4.01. The summed E-state index contributed by atoms with van der Waals surface area (Å²) in [5, 5.41) is 32.8. The summed E-state index contributed by atoms with van der Waals surface area (Å²) in [5.74, 6) is -0.519. The lowest BCUT2D eigenvalue weighted by atomic mass is 10.0. The Morgan fingerprint density at radius 2 is 1.07 bits per heavy atom. The lowest BCUT2D eigenvalue weighted by Crippen LogP contribution is -2.48. The number of nitrogens with one attached hydrogen (secondary N) is 1. The molecule has 0 aliphatic heterocycles. The number of aliphatic hydroxyl groups is 3. The highest BCUT2D eigenvalue weighted by atomic mass is 16.3. The van der Waals surface area contributed by atoms with Crippen molar-refractivity contribution in [1.29, 1.82) is 0 Å². The Morgan fingerprint density at radius 3 is 1.64 bits per heavy atom. The van der Waals surface area contributed by atoms with Gasteiger partial charge in [0, 0.05) is 0 Å². The largest absolute Gasteiger partial charge is 0.394 e. The molecule has 0 bridgehead atoms. The van der Waals surface area contributed by atoms with E-state index in [1.165, 1.54) is 96.3 Å². The van der Waals surface area contributed by atoms with E-state index in [0.717, 1.165) is 51.4 Å². The molecular formula is C39H71NO4. The van der Waals surface area contributed by atoms with E-state index in [1.807, 2.05) is 6.08 Å². The van der Waals surface area contributed by atoms with Gasteiger partial charge in [0.25, 0.3) is 0 Å². The van der Waals surface area contributed by atoms with Crippen LogP contribution in [0.25, 0.3) is 0 Å². The second kappa shape index (κ2) is 34.2. The molecule has 0 saturated heterocycles. The fraction of sp³-hybridized carbons (Fsp3) is 0.769. The Morgan fingerprint density at radius 1 is 0.591 bits per heavy atom. The SMILES string of the molecule is CC/C=C\C/C=C\CCCCCCCCCCCCCCCC(O)C(=O)NC(CO)C(O)/C=C/CC/C=C/CCCCCC. The summed E-state index contributed by atoms with van der Waals surface area (Å²) in [5.41, 5.74) is 0. The molecule has 0 saturated carbocycles. The molecule has 0 rings (SSSR count). The maximum Gasteiger partial charge on any atom is 0.249 e. The van der Waals surface area contributed by atoms with Crippen molar-refractivity contribution < 1.29 is 20.1 Å². The molecule has 0 fully saturated rings. The maximum absolute atomic E-state index is 12.4. The molecule has 5 nitrogen and oxygen atoms in total. The number of carbonyl (C=O) groups is 1. The van der Waals surface area contributed by atoms with Gasteiger partial charge in [-0.1, -0.05) is 159 Å². The third kappa shape index (κ3) is 29.0. The fourth-order valence-electron chi connectivity index (χ4n) is 5.24. The number of amides is 1. The molecule has 0 spiro atoms. The Balaban J connectivity index is 3.71. The van der Waals surface area contributed by atoms with Crippen LogP contribution in [0.4, 0.5) is 0 Å². The molecule has 5 heteroatoms. The smallest absolute Gasteiger partial charge is 0.249 e. The molecule has 3 unspecified atom stereocenters. The summed E-state index contributed by atoms with van der Waals surface area (Å²) in [7, 11) is 0. The average Bonchev–Trinajstić information content (AvgIpc) is 3.03. The lowest BCUT2D eigenvalue weighted by molar-refractivity contribution is -0.131. The van der Waals surface area contributed by atoms with Crippen LogP contribution in [0.1, 0.15) is 168 Å². The van der Waals surface area contributed by atoms with Gasteiger partial charge in [-0.3, -0.25) is 4.79 Å². The van der Waals surface area contributed by atoms with Gasteiger partial charge in [-0.25, -0.2) is 0 Å². The first kappa shape index (κ1) is 42.3. The molecule has 1 amide bonds. The summed E-state index contributed by atoms with van der Waals surface area (Å²) < 4.78 is 0. The van der Waals surface area contributed by atoms with E-state index in [1.54, 1.807) is 6.08 Å². The van der Waals surface area contributed by atoms with Crippen molar-refractivity contribution in [3.05, 3.63) is 48.6 Å². The van der Waals surface area contributed by atoms with Crippen molar-refractivity contribution in [3.8, 4) is 0 Å². The first-order valence-corrected chi connectivity index (χ1v) is 18.5. The number of rotatable bonds is 32. The Kier molecular flexibility index (Phi) is 32.9. The highest BCUT2D eigenvalue weighted by Gasteiger charge is 2.22. The molecule has 0 aromatic carbocycles. The van der Waals surface area contributed by atoms with Crippen molar-refractivity contribution in [2.75, 3.05) is 6.61 Å². The zero-order chi connectivity index (χ0) is 32.4. The van der Waals surface area contributed by atoms with Crippen LogP contribution in [0.15, 0.2) is 48.6 Å². The van der Waals surface area contributed by atoms with Crippen molar-refractivity contribution >= 4 is 5.91 Å².